The molecule has 0 amide bonds. The lowest BCUT2D eigenvalue weighted by atomic mass is 9.96. The molecule has 26 nitrogen and oxygen atoms in total. The van der Waals surface area contributed by atoms with Crippen molar-refractivity contribution in [1.82, 2.24) is 0 Å². The highest BCUT2D eigenvalue weighted by atomic mass is 16.8. The molecule has 13 aromatic rings. The molecule has 142 heavy (non-hydrogen) atoms. The van der Waals surface area contributed by atoms with Crippen molar-refractivity contribution in [3.63, 3.8) is 0 Å². The van der Waals surface area contributed by atoms with Crippen molar-refractivity contribution in [2.45, 2.75) is 176 Å². The Morgan fingerprint density at radius 1 is 0.183 bits per heavy atom. The SMILES string of the molecule is CO[C@H]1O[C@H](CO[C@@H]2O[C@H](CO[C@H]3O[C@H](CO[C@H]4O[C@H](COCc5ccccc5)[C@@H](OCc5ccccc5)[C@H](OCc5ccccc5)[C@H]4OCc4ccccc4)[C@@H](OC(=O)c4ccccc4)[C@H](OC(=O)c4ccccc4)[C@H]3OCc3ccccc3)[C@@H](OC(=O)c3ccccc3)[C@H](OC(=O)c3ccccc3)[C@H]2OC(=O)c2ccccc2)[C@@H](OCc2ccccc2)[C@H](OCc2ccccc2)[C@H]1OCc1ccccc1. The first-order valence-corrected chi connectivity index (χ1v) is 47.5. The van der Waals surface area contributed by atoms with Crippen LogP contribution in [0.1, 0.15) is 96.3 Å². The van der Waals surface area contributed by atoms with Gasteiger partial charge in [0.1, 0.15) is 67.1 Å². The highest BCUT2D eigenvalue weighted by molar-refractivity contribution is 5.92. The van der Waals surface area contributed by atoms with Crippen molar-refractivity contribution in [3.05, 3.63) is 467 Å². The second-order valence-electron chi connectivity index (χ2n) is 34.4. The van der Waals surface area contributed by atoms with Gasteiger partial charge in [0.15, 0.2) is 55.7 Å². The maximum absolute atomic E-state index is 15.5. The van der Waals surface area contributed by atoms with Crippen LogP contribution in [0.2, 0.25) is 0 Å². The zero-order valence-electron chi connectivity index (χ0n) is 78.2. The average Bonchev–Trinajstić information content (AvgIpc) is 0.739. The molecule has 4 aliphatic rings. The van der Waals surface area contributed by atoms with Gasteiger partial charge in [-0.3, -0.25) is 0 Å². The van der Waals surface area contributed by atoms with Crippen molar-refractivity contribution in [3.8, 4) is 0 Å². The molecule has 0 saturated carbocycles. The summed E-state index contributed by atoms with van der Waals surface area (Å²) in [5, 5.41) is 0. The zero-order valence-corrected chi connectivity index (χ0v) is 78.2. The molecule has 13 aromatic carbocycles. The van der Waals surface area contributed by atoms with Crippen LogP contribution in [0.4, 0.5) is 0 Å². The second kappa shape index (κ2) is 51.8. The fourth-order valence-corrected chi connectivity index (χ4v) is 17.3. The predicted molar refractivity (Wildman–Crippen MR) is 519 cm³/mol. The molecule has 0 spiro atoms. The summed E-state index contributed by atoms with van der Waals surface area (Å²) in [7, 11) is 1.48. The molecule has 4 aliphatic heterocycles. The lowest BCUT2D eigenvalue weighted by Crippen LogP contribution is -2.66. The molecule has 4 heterocycles. The van der Waals surface area contributed by atoms with E-state index in [9.17, 15) is 0 Å². The molecule has 0 unspecified atom stereocenters. The molecule has 0 aromatic heterocycles. The smallest absolute Gasteiger partial charge is 0.338 e. The molecular weight excluding hydrogens is 1810 g/mol. The van der Waals surface area contributed by atoms with Crippen molar-refractivity contribution in [1.29, 1.82) is 0 Å². The Bertz CT molecular complexity index is 5950. The fourth-order valence-electron chi connectivity index (χ4n) is 17.3. The summed E-state index contributed by atoms with van der Waals surface area (Å²) in [5.74, 6) is -4.61. The number of esters is 5. The van der Waals surface area contributed by atoms with Crippen LogP contribution in [0.15, 0.2) is 394 Å². The Kier molecular flexibility index (Phi) is 36.5. The highest BCUT2D eigenvalue weighted by Crippen LogP contribution is 2.40. The molecule has 732 valence electrons. The molecule has 4 saturated heterocycles. The van der Waals surface area contributed by atoms with Crippen molar-refractivity contribution in [2.24, 2.45) is 0 Å². The van der Waals surface area contributed by atoms with Gasteiger partial charge in [0.2, 0.25) is 0 Å². The molecule has 0 N–H and O–H groups in total. The molecule has 0 radical (unpaired) electrons. The number of hydrogen-bond acceptors (Lipinski definition) is 26. The van der Waals surface area contributed by atoms with Gasteiger partial charge < -0.3 is 99.5 Å². The first-order chi connectivity index (χ1) is 69.9. The summed E-state index contributed by atoms with van der Waals surface area (Å²) >= 11 is 0. The number of hydrogen-bond donors (Lipinski definition) is 0. The van der Waals surface area contributed by atoms with Crippen LogP contribution >= 0.6 is 0 Å². The lowest BCUT2D eigenvalue weighted by molar-refractivity contribution is -0.355. The van der Waals surface area contributed by atoms with Gasteiger partial charge in [-0.1, -0.05) is 334 Å². The van der Waals surface area contributed by atoms with E-state index in [2.05, 4.69) is 0 Å². The van der Waals surface area contributed by atoms with E-state index in [-0.39, 0.29) is 87.3 Å². The maximum Gasteiger partial charge on any atom is 0.338 e. The largest absolute Gasteiger partial charge is 0.452 e. The number of benzene rings is 13. The lowest BCUT2D eigenvalue weighted by Gasteiger charge is -2.48. The normalized spacial score (nSPS) is 24.2. The van der Waals surface area contributed by atoms with Crippen molar-refractivity contribution >= 4 is 29.8 Å². The second-order valence-corrected chi connectivity index (χ2v) is 34.4. The topological polar surface area (TPSA) is 279 Å². The van der Waals surface area contributed by atoms with E-state index in [1.807, 2.05) is 243 Å². The molecule has 17 rings (SSSR count). The fraction of sp³-hybridized carbons (Fsp3) is 0.284. The Morgan fingerprint density at radius 3 is 0.634 bits per heavy atom. The quantitative estimate of drug-likeness (QED) is 0.0253. The Labute approximate surface area is 824 Å². The van der Waals surface area contributed by atoms with Crippen LogP contribution in [-0.2, 0) is 152 Å². The van der Waals surface area contributed by atoms with Crippen LogP contribution in [0, 0.1) is 0 Å². The Balaban J connectivity index is 0.789. The van der Waals surface area contributed by atoms with Gasteiger partial charge in [0, 0.05) is 7.11 Å². The van der Waals surface area contributed by atoms with Gasteiger partial charge in [0.25, 0.3) is 0 Å². The van der Waals surface area contributed by atoms with E-state index in [0.29, 0.717) is 5.56 Å². The third-order valence-corrected chi connectivity index (χ3v) is 24.5. The monoisotopic (exact) mass is 1920 g/mol. The molecular formula is C116H112O26. The summed E-state index contributed by atoms with van der Waals surface area (Å²) in [5.41, 5.74) is 6.82. The minimum Gasteiger partial charge on any atom is -0.452 e. The van der Waals surface area contributed by atoms with Gasteiger partial charge in [-0.2, -0.15) is 0 Å². The summed E-state index contributed by atoms with van der Waals surface area (Å²) in [6.45, 7) is -1.62. The van der Waals surface area contributed by atoms with Crippen LogP contribution in [0.5, 0.6) is 0 Å². The van der Waals surface area contributed by atoms with Crippen LogP contribution in [-0.4, -0.2) is 186 Å². The predicted octanol–water partition coefficient (Wildman–Crippen LogP) is 18.0. The summed E-state index contributed by atoms with van der Waals surface area (Å²) in [6.07, 6.45) is -28.8. The van der Waals surface area contributed by atoms with Crippen LogP contribution < -0.4 is 0 Å². The van der Waals surface area contributed by atoms with E-state index in [4.69, 9.17) is 99.5 Å². The third-order valence-electron chi connectivity index (χ3n) is 24.5. The van der Waals surface area contributed by atoms with E-state index in [1.165, 1.54) is 43.5 Å². The number of rotatable bonds is 45. The Hall–Kier alpha value is -13.4. The van der Waals surface area contributed by atoms with Crippen molar-refractivity contribution < 1.29 is 123 Å². The van der Waals surface area contributed by atoms with Crippen LogP contribution in [0.25, 0.3) is 0 Å². The maximum atomic E-state index is 15.5. The number of methoxy groups -OCH3 is 1. The molecule has 4 fully saturated rings. The van der Waals surface area contributed by atoms with Gasteiger partial charge in [0.05, 0.1) is 107 Å². The van der Waals surface area contributed by atoms with Gasteiger partial charge >= 0.3 is 29.8 Å². The van der Waals surface area contributed by atoms with E-state index in [0.717, 1.165) is 38.9 Å². The standard InChI is InChI=1S/C116H112O26/c1-122-113-104(128-72-84-51-25-7-26-52-84)100(126-70-82-47-21-5-22-48-82)97(125-69-81-45-19-4-20-46-81)93(134-113)76-133-116-107(142-112(121)91-65-39-14-40-66-91)103(141-111(120)90-63-37-13-38-64-90)99(139-109(118)88-59-33-11-34-60-88)95(137-116)78-132-115-106(130-74-86-55-29-9-30-56-86)102(140-110(119)89-61-35-12-36-62-89)98(138-108(117)87-57-31-10-32-58-87)94(136-115)77-131-114-105(129-73-85-53-27-8-28-54-85)101(127-71-83-49-23-6-24-50-83)96(124-68-80-43-17-3-18-44-80)92(135-114)75-123-67-79-41-15-2-16-42-79/h2-66,92-107,113-116H,67-78H2,1H3/t92-,93-,94-,95-,96-,97-,98-,99-,100+,101+,102+,103+,104-,105-,106-,107-,113+,114+,115+,116-/m1/s1. The van der Waals surface area contributed by atoms with Gasteiger partial charge in [-0.25, -0.2) is 24.0 Å². The summed E-state index contributed by atoms with van der Waals surface area (Å²) < 4.78 is 148. The zero-order chi connectivity index (χ0) is 97.2. The van der Waals surface area contributed by atoms with Gasteiger partial charge in [-0.15, -0.1) is 0 Å². The third kappa shape index (κ3) is 27.7. The van der Waals surface area contributed by atoms with Crippen LogP contribution in [0.3, 0.4) is 0 Å². The molecule has 26 heteroatoms. The summed E-state index contributed by atoms with van der Waals surface area (Å²) in [4.78, 5) is 77.3. The minimum atomic E-state index is -1.91. The van der Waals surface area contributed by atoms with E-state index in [1.54, 1.807) is 115 Å². The number of ether oxygens (including phenoxy) is 21. The highest BCUT2D eigenvalue weighted by Gasteiger charge is 2.59. The van der Waals surface area contributed by atoms with E-state index < -0.39 is 172 Å². The molecule has 0 bridgehead atoms. The van der Waals surface area contributed by atoms with Gasteiger partial charge in [-0.05, 0) is 105 Å². The molecule has 20 atom stereocenters. The van der Waals surface area contributed by atoms with E-state index >= 15 is 24.0 Å². The first-order valence-electron chi connectivity index (χ1n) is 47.5. The Morgan fingerprint density at radius 2 is 0.366 bits per heavy atom. The average molecular weight is 1920 g/mol. The van der Waals surface area contributed by atoms with Crippen molar-refractivity contribution in [2.75, 3.05) is 33.5 Å². The summed E-state index contributed by atoms with van der Waals surface area (Å²) in [6, 6.07) is 117. The minimum absolute atomic E-state index is 0.00722. The molecule has 0 aliphatic carbocycles. The number of carbonyl (C=O) groups is 5. The number of carbonyl (C=O) groups excluding carboxylic acids is 5. The first kappa shape index (κ1) is 100.